The van der Waals surface area contributed by atoms with E-state index in [1.807, 2.05) is 0 Å². The van der Waals surface area contributed by atoms with E-state index in [-0.39, 0.29) is 47.8 Å². The number of ether oxygens (including phenoxy) is 5. The molecule has 5 aliphatic rings. The number of piperidine rings is 1. The minimum absolute atomic E-state index is 0. The van der Waals surface area contributed by atoms with Crippen molar-refractivity contribution >= 4 is 80.3 Å². The SMILES string of the molecule is CCCO[C@@H]1C(C(=O)[O-])OCC(OS(=O)(=O)[O-])[C@@H]1O.O.O.O.O.O=C([O-])C1CNC[C@H](O)C1.O=C([O-])C1C[C@@H](O)C(OS(=O)(=O)[O-])CO1.O=S(=O)([O-])OCC1C[C@@H](O)C(OS(=O)(=O)[O-])CO1.O=S(=O)([O-])OCC1C[C@@H](O)C(OS(=O)(=O)[O-])CO1. The average Bonchev–Trinajstić information content (AvgIpc) is 3.29. The summed E-state index contributed by atoms with van der Waals surface area (Å²) in [5, 5.41) is 81.1. The van der Waals surface area contributed by atoms with Gasteiger partial charge in [-0.1, -0.05) is 6.92 Å². The van der Waals surface area contributed by atoms with Gasteiger partial charge >= 0.3 is 0 Å². The fourth-order valence-corrected chi connectivity index (χ4v) is 9.20. The van der Waals surface area contributed by atoms with Crippen molar-refractivity contribution < 1.29 is 204 Å². The predicted octanol–water partition coefficient (Wildman–Crippen LogP) is -16.8. The van der Waals surface area contributed by atoms with Gasteiger partial charge in [-0.15, -0.1) is 0 Å². The van der Waals surface area contributed by atoms with Crippen LogP contribution in [0.25, 0.3) is 0 Å². The summed E-state index contributed by atoms with van der Waals surface area (Å²) in [6.07, 6.45) is -18.0. The molecule has 0 saturated carbocycles. The zero-order valence-corrected chi connectivity index (χ0v) is 47.4. The number of hydrogen-bond acceptors (Lipinski definition) is 41. The predicted molar refractivity (Wildman–Crippen MR) is 243 cm³/mol. The molecule has 5 rings (SSSR count). The zero-order chi connectivity index (χ0) is 61.8. The first kappa shape index (κ1) is 87.5. The Balaban J connectivity index is -0.000000476. The smallest absolute Gasteiger partial charge is 0.218 e. The average molecular weight is 1370 g/mol. The normalized spacial score (nSPS) is 30.1. The second-order valence-electron chi connectivity index (χ2n) is 16.5. The summed E-state index contributed by atoms with van der Waals surface area (Å²) < 4.78 is 233. The summed E-state index contributed by atoms with van der Waals surface area (Å²) in [6.45, 7) is -0.422. The second-order valence-corrected chi connectivity index (χ2v) is 22.6. The fraction of sp³-hybridized carbons (Fsp3) is 0.909. The molecule has 506 valence electrons. The molecule has 9 unspecified atom stereocenters. The van der Waals surface area contributed by atoms with Gasteiger partial charge in [-0.05, 0) is 12.8 Å². The van der Waals surface area contributed by atoms with Crippen molar-refractivity contribution in [1.82, 2.24) is 5.32 Å². The molecule has 0 spiro atoms. The van der Waals surface area contributed by atoms with E-state index in [9.17, 15) is 128 Å². The Morgan fingerprint density at radius 3 is 1.15 bits per heavy atom. The van der Waals surface area contributed by atoms with E-state index >= 15 is 0 Å². The quantitative estimate of drug-likeness (QED) is 0.0487. The lowest BCUT2D eigenvalue weighted by Crippen LogP contribution is -2.60. The molecule has 14 N–H and O–H groups in total. The van der Waals surface area contributed by atoms with E-state index in [0.717, 1.165) is 0 Å². The molecule has 0 aromatic heterocycles. The van der Waals surface area contributed by atoms with E-state index in [1.165, 1.54) is 0 Å². The molecule has 15 atom stereocenters. The fourth-order valence-electron chi connectivity index (χ4n) is 6.63. The van der Waals surface area contributed by atoms with Crippen LogP contribution in [0, 0.1) is 5.92 Å². The first-order chi connectivity index (χ1) is 36.4. The Bertz CT molecular complexity index is 2540. The summed E-state index contributed by atoms with van der Waals surface area (Å²) in [6, 6.07) is 0. The molecule has 0 bridgehead atoms. The highest BCUT2D eigenvalue weighted by Crippen LogP contribution is 2.24. The molecule has 5 aliphatic heterocycles. The lowest BCUT2D eigenvalue weighted by Gasteiger charge is -2.40. The monoisotopic (exact) mass is 1370 g/mol. The maximum atomic E-state index is 10.8. The maximum Gasteiger partial charge on any atom is 0.218 e. The zero-order valence-electron chi connectivity index (χ0n) is 42.5. The largest absolute Gasteiger partial charge is 0.726 e. The summed E-state index contributed by atoms with van der Waals surface area (Å²) in [7, 11) is -29.7. The van der Waals surface area contributed by atoms with Crippen LogP contribution in [0.15, 0.2) is 0 Å². The summed E-state index contributed by atoms with van der Waals surface area (Å²) in [5.41, 5.74) is 0. The molecule has 5 heterocycles. The highest BCUT2D eigenvalue weighted by Gasteiger charge is 2.43. The summed E-state index contributed by atoms with van der Waals surface area (Å²) in [5.74, 6) is -4.73. The molecule has 0 aromatic rings. The third kappa shape index (κ3) is 39.0. The molecule has 5 saturated heterocycles. The minimum Gasteiger partial charge on any atom is -0.726 e. The lowest BCUT2D eigenvalue weighted by atomic mass is 9.98. The second kappa shape index (κ2) is 39.1. The molecule has 84 heavy (non-hydrogen) atoms. The van der Waals surface area contributed by atoms with Gasteiger partial charge in [-0.25, -0.2) is 50.5 Å². The minimum atomic E-state index is -5.05. The van der Waals surface area contributed by atoms with Gasteiger partial charge in [-0.3, -0.25) is 25.1 Å². The van der Waals surface area contributed by atoms with Crippen molar-refractivity contribution in [2.24, 2.45) is 5.92 Å². The number of β-amino-alcohol motifs (C(OH)–C–C–N with tert-alkyl or cyclic N) is 1. The molecular weight excluding hydrogens is 1310 g/mol. The van der Waals surface area contributed by atoms with Gasteiger partial charge in [0.2, 0.25) is 62.4 Å². The van der Waals surface area contributed by atoms with Gasteiger partial charge in [-0.2, -0.15) is 0 Å². The van der Waals surface area contributed by atoms with E-state index in [0.29, 0.717) is 25.9 Å². The first-order valence-electron chi connectivity index (χ1n) is 22.0. The van der Waals surface area contributed by atoms with Gasteiger partial charge in [0.05, 0.1) is 94.3 Å². The molecule has 51 heteroatoms. The standard InChI is InChI=1S/C9H16O9S.C6H11NO3.2C6H12O10S2.C6H10O8S.4H2O/c1-2-3-16-7-6(10)5(18-19(13,14)15)4-17-8(7)9(11)12;8-5-1-4(6(9)10)2-7-3-5;2*7-5-1-4(2-15-17(8,9)10)14-3-6(5)16-18(11,12)13;7-3-1-4(6(8)9)13-2-5(3)14-15(10,11)12;;;;/h5-8,10H,2-4H2,1H3,(H,11,12)(H,13,14,15);4-5,7-8H,1-3H2,(H,9,10);2*4-7H,1-3H2,(H,8,9,10)(H,11,12,13);3-5,7H,1-2H2,(H,8,9)(H,10,11,12);4*1H2/p-9/t5?,6-,7-,8?;4?,5-;2*4?,5-,6?;3-,4?,5?;;;;/m01111..../s1. The van der Waals surface area contributed by atoms with Crippen LogP contribution in [-0.4, -0.2) is 288 Å². The topological polar surface area (TPSA) is 804 Å². The molecule has 0 radical (unpaired) electrons. The van der Waals surface area contributed by atoms with E-state index in [1.54, 1.807) is 6.92 Å². The van der Waals surface area contributed by atoms with Crippen LogP contribution in [-0.2, 0) is 126 Å². The van der Waals surface area contributed by atoms with Crippen molar-refractivity contribution in [3.05, 3.63) is 0 Å². The van der Waals surface area contributed by atoms with Crippen molar-refractivity contribution in [1.29, 1.82) is 0 Å². The Morgan fingerprint density at radius 2 is 0.857 bits per heavy atom. The first-order valence-corrected chi connectivity index (χ1v) is 30.0. The molecule has 0 amide bonds. The molecule has 0 aromatic carbocycles. The van der Waals surface area contributed by atoms with E-state index < -0.39 is 211 Å². The van der Waals surface area contributed by atoms with Crippen LogP contribution in [0.3, 0.4) is 0 Å². The number of carbonyl (C=O) groups is 3. The van der Waals surface area contributed by atoms with Crippen LogP contribution < -0.4 is 20.6 Å². The Labute approximate surface area is 477 Å². The van der Waals surface area contributed by atoms with Crippen LogP contribution in [0.5, 0.6) is 0 Å². The third-order valence-corrected chi connectivity index (χ3v) is 12.9. The maximum absolute atomic E-state index is 10.8. The highest BCUT2D eigenvalue weighted by molar-refractivity contribution is 7.82. The van der Waals surface area contributed by atoms with Gasteiger partial charge in [0, 0.05) is 50.8 Å². The van der Waals surface area contributed by atoms with Gasteiger partial charge in [0.1, 0.15) is 42.7 Å². The summed E-state index contributed by atoms with van der Waals surface area (Å²) in [4.78, 5) is 31.4. The van der Waals surface area contributed by atoms with Gasteiger partial charge in [0.15, 0.2) is 0 Å². The van der Waals surface area contributed by atoms with Crippen LogP contribution >= 0.6 is 0 Å². The van der Waals surface area contributed by atoms with Crippen LogP contribution in [0.2, 0.25) is 0 Å². The van der Waals surface area contributed by atoms with Gasteiger partial charge < -0.3 is 133 Å². The van der Waals surface area contributed by atoms with Gasteiger partial charge in [0.25, 0.3) is 0 Å². The molecule has 0 aliphatic carbocycles. The summed E-state index contributed by atoms with van der Waals surface area (Å²) >= 11 is 0. The molecule has 5 fully saturated rings. The lowest BCUT2D eigenvalue weighted by molar-refractivity contribution is -0.329. The van der Waals surface area contributed by atoms with E-state index in [4.69, 9.17) is 24.1 Å². The molecular formula is C33H60NO44S6-9. The Kier molecular flexibility index (Phi) is 40.7. The van der Waals surface area contributed by atoms with Crippen LogP contribution in [0.4, 0.5) is 0 Å². The molecule has 45 nitrogen and oxygen atoms in total. The van der Waals surface area contributed by atoms with Crippen molar-refractivity contribution in [3.8, 4) is 0 Å². The van der Waals surface area contributed by atoms with E-state index in [2.05, 4.69) is 35.2 Å². The third-order valence-electron chi connectivity index (χ3n) is 10.1. The Morgan fingerprint density at radius 1 is 0.488 bits per heavy atom. The number of nitrogens with one attached hydrogen (secondary N) is 1. The number of carbonyl (C=O) groups excluding carboxylic acids is 3. The number of aliphatic hydroxyl groups is 5. The van der Waals surface area contributed by atoms with Crippen molar-refractivity contribution in [3.63, 3.8) is 0 Å². The number of aliphatic hydroxyl groups excluding tert-OH is 5. The Hall–Kier alpha value is -2.97. The number of hydrogen-bond donors (Lipinski definition) is 6. The highest BCUT2D eigenvalue weighted by atomic mass is 32.3. The number of carboxylic acid groups (broad SMARTS) is 3. The number of rotatable bonds is 20. The number of aliphatic carboxylic acids is 3. The number of carboxylic acids is 3. The van der Waals surface area contributed by atoms with Crippen molar-refractivity contribution in [2.75, 3.05) is 59.3 Å². The van der Waals surface area contributed by atoms with Crippen molar-refractivity contribution in [2.45, 2.75) is 124 Å². The van der Waals surface area contributed by atoms with Crippen LogP contribution in [0.1, 0.15) is 39.0 Å².